The zero-order chi connectivity index (χ0) is 13.8. The summed E-state index contributed by atoms with van der Waals surface area (Å²) in [7, 11) is 0. The highest BCUT2D eigenvalue weighted by Crippen LogP contribution is 2.25. The molecule has 0 aliphatic carbocycles. The van der Waals surface area contributed by atoms with Crippen molar-refractivity contribution >= 4 is 0 Å². The highest BCUT2D eigenvalue weighted by Gasteiger charge is 2.27. The average Bonchev–Trinajstić information content (AvgIpc) is 2.24. The van der Waals surface area contributed by atoms with Crippen molar-refractivity contribution in [3.63, 3.8) is 0 Å². The van der Waals surface area contributed by atoms with Crippen LogP contribution in [0, 0.1) is 5.82 Å². The first-order valence-electron chi connectivity index (χ1n) is 5.12. The highest BCUT2D eigenvalue weighted by molar-refractivity contribution is 5.35. The van der Waals surface area contributed by atoms with E-state index in [1.165, 1.54) is 12.1 Å². The number of rotatable bonds is 5. The van der Waals surface area contributed by atoms with Crippen LogP contribution in [-0.4, -0.2) is 19.6 Å². The number of hydrogen-bond acceptors (Lipinski definition) is 3. The van der Waals surface area contributed by atoms with E-state index in [0.717, 1.165) is 6.07 Å². The first-order chi connectivity index (χ1) is 8.29. The largest absolute Gasteiger partial charge is 0.467 e. The molecule has 0 spiro atoms. The van der Waals surface area contributed by atoms with Gasteiger partial charge < -0.3 is 15.2 Å². The predicted octanol–water partition coefficient (Wildman–Crippen LogP) is 2.76. The number of alkyl halides is 3. The summed E-state index contributed by atoms with van der Waals surface area (Å²) in [6, 6.07) is 3.10. The summed E-state index contributed by atoms with van der Waals surface area (Å²) >= 11 is 0. The molecule has 1 rings (SSSR count). The van der Waals surface area contributed by atoms with E-state index >= 15 is 0 Å². The zero-order valence-corrected chi connectivity index (χ0v) is 9.63. The molecule has 1 atom stereocenters. The van der Waals surface area contributed by atoms with Gasteiger partial charge in [-0.25, -0.2) is 4.39 Å². The van der Waals surface area contributed by atoms with Gasteiger partial charge in [-0.1, -0.05) is 0 Å². The fourth-order valence-corrected chi connectivity index (χ4v) is 1.27. The molecule has 0 unspecified atom stereocenters. The van der Waals surface area contributed by atoms with E-state index in [4.69, 9.17) is 10.5 Å². The lowest BCUT2D eigenvalue weighted by Crippen LogP contribution is -2.19. The van der Waals surface area contributed by atoms with Crippen LogP contribution in [0.3, 0.4) is 0 Å². The molecule has 3 nitrogen and oxygen atoms in total. The quantitative estimate of drug-likeness (QED) is 0.507. The van der Waals surface area contributed by atoms with Crippen molar-refractivity contribution in [3.05, 3.63) is 29.6 Å². The van der Waals surface area contributed by atoms with Crippen molar-refractivity contribution < 1.29 is 27.0 Å². The third-order valence-electron chi connectivity index (χ3n) is 2.03. The van der Waals surface area contributed by atoms with Crippen molar-refractivity contribution in [2.24, 2.45) is 5.73 Å². The second kappa shape index (κ2) is 6.01. The number of ether oxygens (including phenoxy) is 2. The monoisotopic (exact) mass is 267 g/mol. The average molecular weight is 267 g/mol. The Labute approximate surface area is 101 Å². The first-order valence-corrected chi connectivity index (χ1v) is 5.12. The molecule has 7 heteroatoms. The van der Waals surface area contributed by atoms with Gasteiger partial charge in [0.25, 0.3) is 0 Å². The van der Waals surface area contributed by atoms with Crippen LogP contribution in [0.15, 0.2) is 18.2 Å². The molecule has 0 saturated heterocycles. The summed E-state index contributed by atoms with van der Waals surface area (Å²) in [5, 5.41) is 0. The molecule has 0 heterocycles. The van der Waals surface area contributed by atoms with Crippen LogP contribution in [-0.2, 0) is 4.74 Å². The third kappa shape index (κ3) is 4.89. The number of benzene rings is 1. The molecular weight excluding hydrogens is 254 g/mol. The minimum Gasteiger partial charge on any atom is -0.467 e. The predicted molar refractivity (Wildman–Crippen MR) is 56.5 cm³/mol. The van der Waals surface area contributed by atoms with E-state index in [9.17, 15) is 17.6 Å². The van der Waals surface area contributed by atoms with Gasteiger partial charge in [-0.2, -0.15) is 13.2 Å². The molecule has 18 heavy (non-hydrogen) atoms. The fourth-order valence-electron chi connectivity index (χ4n) is 1.27. The Kier molecular flexibility index (Phi) is 4.92. The minimum atomic E-state index is -4.41. The summed E-state index contributed by atoms with van der Waals surface area (Å²) in [5.74, 6) is -0.292. The maximum atomic E-state index is 13.0. The van der Waals surface area contributed by atoms with E-state index in [0.29, 0.717) is 5.56 Å². The molecule has 2 N–H and O–H groups in total. The Morgan fingerprint density at radius 2 is 2.00 bits per heavy atom. The summed E-state index contributed by atoms with van der Waals surface area (Å²) < 4.78 is 57.6. The molecular formula is C11H13F4NO2. The Bertz CT molecular complexity index is 393. The maximum absolute atomic E-state index is 13.0. The van der Waals surface area contributed by atoms with E-state index in [-0.39, 0.29) is 5.75 Å². The molecule has 0 saturated carbocycles. The lowest BCUT2D eigenvalue weighted by Gasteiger charge is -2.14. The molecule has 0 aliphatic rings. The molecule has 1 aromatic rings. The zero-order valence-electron chi connectivity index (χ0n) is 9.63. The third-order valence-corrected chi connectivity index (χ3v) is 2.03. The number of halogens is 4. The van der Waals surface area contributed by atoms with E-state index < -0.39 is 31.4 Å². The lowest BCUT2D eigenvalue weighted by molar-refractivity contribution is -0.186. The van der Waals surface area contributed by atoms with Crippen LogP contribution in [0.5, 0.6) is 5.75 Å². The second-order valence-corrected chi connectivity index (χ2v) is 3.70. The smallest absolute Gasteiger partial charge is 0.411 e. The first kappa shape index (κ1) is 14.7. The van der Waals surface area contributed by atoms with Gasteiger partial charge in [0.2, 0.25) is 0 Å². The topological polar surface area (TPSA) is 44.5 Å². The Hall–Kier alpha value is -1.34. The van der Waals surface area contributed by atoms with Crippen molar-refractivity contribution in [2.45, 2.75) is 19.1 Å². The number of hydrogen-bond donors (Lipinski definition) is 1. The normalized spacial score (nSPS) is 13.4. The van der Waals surface area contributed by atoms with Crippen molar-refractivity contribution in [1.82, 2.24) is 0 Å². The Morgan fingerprint density at radius 3 is 2.56 bits per heavy atom. The van der Waals surface area contributed by atoms with Crippen LogP contribution in [0.25, 0.3) is 0 Å². The van der Waals surface area contributed by atoms with Gasteiger partial charge in [0.15, 0.2) is 6.79 Å². The number of nitrogens with two attached hydrogens (primary N) is 1. The van der Waals surface area contributed by atoms with E-state index in [2.05, 4.69) is 4.74 Å². The molecule has 0 bridgehead atoms. The van der Waals surface area contributed by atoms with Crippen molar-refractivity contribution in [1.29, 1.82) is 0 Å². The molecule has 102 valence electrons. The molecule has 0 amide bonds. The summed E-state index contributed by atoms with van der Waals surface area (Å²) in [6.07, 6.45) is -4.41. The van der Waals surface area contributed by atoms with Gasteiger partial charge in [-0.05, 0) is 25.1 Å². The standard InChI is InChI=1S/C11H13F4NO2/c1-7(16)9-4-8(12)2-3-10(9)18-6-17-5-11(13,14)15/h2-4,7H,5-6,16H2,1H3/t7-/m0/s1. The van der Waals surface area contributed by atoms with E-state index in [1.807, 2.05) is 0 Å². The van der Waals surface area contributed by atoms with Gasteiger partial charge in [0.1, 0.15) is 18.2 Å². The van der Waals surface area contributed by atoms with Gasteiger partial charge in [0.05, 0.1) is 0 Å². The Morgan fingerprint density at radius 1 is 1.33 bits per heavy atom. The van der Waals surface area contributed by atoms with Crippen LogP contribution >= 0.6 is 0 Å². The Balaban J connectivity index is 2.57. The lowest BCUT2D eigenvalue weighted by atomic mass is 10.1. The molecule has 0 fully saturated rings. The minimum absolute atomic E-state index is 0.202. The summed E-state index contributed by atoms with van der Waals surface area (Å²) in [4.78, 5) is 0. The SMILES string of the molecule is C[C@H](N)c1cc(F)ccc1OCOCC(F)(F)F. The molecule has 0 radical (unpaired) electrons. The fraction of sp³-hybridized carbons (Fsp3) is 0.455. The molecule has 0 aliphatic heterocycles. The van der Waals surface area contributed by atoms with Crippen LogP contribution in [0.1, 0.15) is 18.5 Å². The summed E-state index contributed by atoms with van der Waals surface area (Å²) in [6.45, 7) is -0.370. The van der Waals surface area contributed by atoms with Gasteiger partial charge in [0, 0.05) is 11.6 Å². The van der Waals surface area contributed by atoms with Crippen molar-refractivity contribution in [3.8, 4) is 5.75 Å². The maximum Gasteiger partial charge on any atom is 0.411 e. The van der Waals surface area contributed by atoms with Crippen molar-refractivity contribution in [2.75, 3.05) is 13.4 Å². The van der Waals surface area contributed by atoms with E-state index in [1.54, 1.807) is 6.92 Å². The molecule has 0 aromatic heterocycles. The van der Waals surface area contributed by atoms with Crippen LogP contribution < -0.4 is 10.5 Å². The summed E-state index contributed by atoms with van der Waals surface area (Å²) in [5.41, 5.74) is 5.96. The van der Waals surface area contributed by atoms with Gasteiger partial charge in [-0.3, -0.25) is 0 Å². The second-order valence-electron chi connectivity index (χ2n) is 3.70. The van der Waals surface area contributed by atoms with Gasteiger partial charge in [-0.15, -0.1) is 0 Å². The van der Waals surface area contributed by atoms with Crippen LogP contribution in [0.4, 0.5) is 17.6 Å². The van der Waals surface area contributed by atoms with Crippen LogP contribution in [0.2, 0.25) is 0 Å². The highest BCUT2D eigenvalue weighted by atomic mass is 19.4. The van der Waals surface area contributed by atoms with Gasteiger partial charge >= 0.3 is 6.18 Å². The molecule has 1 aromatic carbocycles.